The second kappa shape index (κ2) is 7.43. The van der Waals surface area contributed by atoms with Gasteiger partial charge < -0.3 is 10.2 Å². The van der Waals surface area contributed by atoms with Gasteiger partial charge in [0.05, 0.1) is 0 Å². The van der Waals surface area contributed by atoms with Gasteiger partial charge in [-0.1, -0.05) is 31.2 Å². The van der Waals surface area contributed by atoms with Crippen molar-refractivity contribution >= 4 is 17.4 Å². The van der Waals surface area contributed by atoms with E-state index < -0.39 is 0 Å². The number of benzene rings is 1. The highest BCUT2D eigenvalue weighted by Crippen LogP contribution is 2.16. The van der Waals surface area contributed by atoms with Crippen molar-refractivity contribution in [1.82, 2.24) is 4.98 Å². The molecule has 2 rings (SSSR count). The number of pyridine rings is 1. The molecule has 0 unspecified atom stereocenters. The number of aromatic nitrogens is 1. The number of rotatable bonds is 6. The summed E-state index contributed by atoms with van der Waals surface area (Å²) in [5, 5.41) is 3.20. The molecule has 4 nitrogen and oxygen atoms in total. The van der Waals surface area contributed by atoms with Gasteiger partial charge in [-0.25, -0.2) is 4.98 Å². The summed E-state index contributed by atoms with van der Waals surface area (Å²) in [6, 6.07) is 15.2. The van der Waals surface area contributed by atoms with Crippen molar-refractivity contribution in [2.75, 3.05) is 23.3 Å². The Hall–Kier alpha value is -2.36. The van der Waals surface area contributed by atoms with Gasteiger partial charge in [0.25, 0.3) is 5.91 Å². The smallest absolute Gasteiger partial charge is 0.276 e. The second-order valence-corrected chi connectivity index (χ2v) is 4.72. The standard InChI is InChI=1S/C17H21N3O/c1-3-13-18-16-12-8-11-15(19-16)17(21)20(4-2)14-9-6-5-7-10-14/h5-12H,3-4,13H2,1-2H3,(H,18,19). The molecule has 0 saturated heterocycles. The van der Waals surface area contributed by atoms with Gasteiger partial charge in [-0.2, -0.15) is 0 Å². The Morgan fingerprint density at radius 2 is 1.86 bits per heavy atom. The third-order valence-electron chi connectivity index (χ3n) is 3.15. The van der Waals surface area contributed by atoms with Crippen molar-refractivity contribution in [2.24, 2.45) is 0 Å². The minimum Gasteiger partial charge on any atom is -0.370 e. The van der Waals surface area contributed by atoms with Crippen LogP contribution in [0, 0.1) is 0 Å². The quantitative estimate of drug-likeness (QED) is 0.881. The van der Waals surface area contributed by atoms with E-state index in [4.69, 9.17) is 0 Å². The topological polar surface area (TPSA) is 45.2 Å². The number of hydrogen-bond acceptors (Lipinski definition) is 3. The lowest BCUT2D eigenvalue weighted by atomic mass is 10.2. The summed E-state index contributed by atoms with van der Waals surface area (Å²) in [6.07, 6.45) is 1.02. The molecule has 110 valence electrons. The van der Waals surface area contributed by atoms with Crippen molar-refractivity contribution in [2.45, 2.75) is 20.3 Å². The maximum Gasteiger partial charge on any atom is 0.276 e. The molecule has 0 radical (unpaired) electrons. The molecule has 21 heavy (non-hydrogen) atoms. The fourth-order valence-corrected chi connectivity index (χ4v) is 2.09. The molecule has 0 atom stereocenters. The van der Waals surface area contributed by atoms with Gasteiger partial charge in [0.15, 0.2) is 0 Å². The summed E-state index contributed by atoms with van der Waals surface area (Å²) < 4.78 is 0. The van der Waals surface area contributed by atoms with Gasteiger partial charge in [0.1, 0.15) is 11.5 Å². The van der Waals surface area contributed by atoms with E-state index in [-0.39, 0.29) is 5.91 Å². The first-order valence-corrected chi connectivity index (χ1v) is 7.34. The number of carbonyl (C=O) groups is 1. The first-order chi connectivity index (χ1) is 10.3. The molecule has 1 N–H and O–H groups in total. The number of nitrogens with one attached hydrogen (secondary N) is 1. The first kappa shape index (κ1) is 15.0. The maximum absolute atomic E-state index is 12.6. The van der Waals surface area contributed by atoms with Crippen LogP contribution in [-0.2, 0) is 0 Å². The van der Waals surface area contributed by atoms with Crippen LogP contribution in [0.4, 0.5) is 11.5 Å². The van der Waals surface area contributed by atoms with E-state index in [9.17, 15) is 4.79 Å². The van der Waals surface area contributed by atoms with Gasteiger partial charge in [-0.3, -0.25) is 4.79 Å². The Morgan fingerprint density at radius 1 is 1.10 bits per heavy atom. The number of anilines is 2. The van der Waals surface area contributed by atoms with E-state index in [1.807, 2.05) is 49.4 Å². The number of carbonyl (C=O) groups excluding carboxylic acids is 1. The van der Waals surface area contributed by atoms with Gasteiger partial charge >= 0.3 is 0 Å². The Morgan fingerprint density at radius 3 is 2.52 bits per heavy atom. The van der Waals surface area contributed by atoms with Crippen LogP contribution in [0.3, 0.4) is 0 Å². The average molecular weight is 283 g/mol. The van der Waals surface area contributed by atoms with Crippen molar-refractivity contribution < 1.29 is 4.79 Å². The first-order valence-electron chi connectivity index (χ1n) is 7.34. The molecule has 1 aromatic heterocycles. The lowest BCUT2D eigenvalue weighted by Gasteiger charge is -2.20. The van der Waals surface area contributed by atoms with Gasteiger partial charge in [0, 0.05) is 18.8 Å². The number of amides is 1. The monoisotopic (exact) mass is 283 g/mol. The fraction of sp³-hybridized carbons (Fsp3) is 0.294. The molecule has 0 saturated carbocycles. The molecule has 4 heteroatoms. The van der Waals surface area contributed by atoms with Crippen molar-refractivity contribution in [1.29, 1.82) is 0 Å². The summed E-state index contributed by atoms with van der Waals surface area (Å²) in [5.41, 5.74) is 1.35. The summed E-state index contributed by atoms with van der Waals surface area (Å²) in [6.45, 7) is 5.51. The van der Waals surface area contributed by atoms with Crippen LogP contribution in [0.5, 0.6) is 0 Å². The van der Waals surface area contributed by atoms with E-state index in [1.165, 1.54) is 0 Å². The van der Waals surface area contributed by atoms with Crippen molar-refractivity contribution in [3.05, 3.63) is 54.2 Å². The molecule has 0 fully saturated rings. The molecule has 0 aliphatic carbocycles. The van der Waals surface area contributed by atoms with E-state index in [1.54, 1.807) is 11.0 Å². The highest BCUT2D eigenvalue weighted by atomic mass is 16.2. The predicted molar refractivity (Wildman–Crippen MR) is 86.8 cm³/mol. The van der Waals surface area contributed by atoms with Crippen LogP contribution >= 0.6 is 0 Å². The summed E-state index contributed by atoms with van der Waals surface area (Å²) >= 11 is 0. The predicted octanol–water partition coefficient (Wildman–Crippen LogP) is 3.57. The zero-order valence-electron chi connectivity index (χ0n) is 12.5. The van der Waals surface area contributed by atoms with Crippen LogP contribution in [0.25, 0.3) is 0 Å². The third kappa shape index (κ3) is 3.81. The van der Waals surface area contributed by atoms with Gasteiger partial charge in [-0.05, 0) is 37.6 Å². The zero-order valence-corrected chi connectivity index (χ0v) is 12.5. The Labute approximate surface area is 125 Å². The van der Waals surface area contributed by atoms with Crippen LogP contribution < -0.4 is 10.2 Å². The van der Waals surface area contributed by atoms with Crippen molar-refractivity contribution in [3.8, 4) is 0 Å². The molecular weight excluding hydrogens is 262 g/mol. The molecule has 0 aliphatic heterocycles. The molecular formula is C17H21N3O. The summed E-state index contributed by atoms with van der Waals surface area (Å²) in [5.74, 6) is 0.663. The Bertz CT molecular complexity index is 584. The van der Waals surface area contributed by atoms with E-state index in [2.05, 4.69) is 17.2 Å². The number of nitrogens with zero attached hydrogens (tertiary/aromatic N) is 2. The SMILES string of the molecule is CCCNc1cccc(C(=O)N(CC)c2ccccc2)n1. The van der Waals surface area contributed by atoms with Gasteiger partial charge in [-0.15, -0.1) is 0 Å². The average Bonchev–Trinajstić information content (AvgIpc) is 2.55. The number of hydrogen-bond donors (Lipinski definition) is 1. The normalized spacial score (nSPS) is 10.2. The van der Waals surface area contributed by atoms with E-state index in [0.29, 0.717) is 12.2 Å². The highest BCUT2D eigenvalue weighted by molar-refractivity contribution is 6.04. The lowest BCUT2D eigenvalue weighted by Crippen LogP contribution is -2.31. The van der Waals surface area contributed by atoms with E-state index in [0.717, 1.165) is 24.5 Å². The number of para-hydroxylation sites is 1. The second-order valence-electron chi connectivity index (χ2n) is 4.72. The zero-order chi connectivity index (χ0) is 15.1. The van der Waals surface area contributed by atoms with Gasteiger partial charge in [0.2, 0.25) is 0 Å². The Kier molecular flexibility index (Phi) is 5.32. The molecule has 2 aromatic rings. The van der Waals surface area contributed by atoms with Crippen LogP contribution in [0.2, 0.25) is 0 Å². The van der Waals surface area contributed by atoms with Crippen molar-refractivity contribution in [3.63, 3.8) is 0 Å². The summed E-state index contributed by atoms with van der Waals surface area (Å²) in [7, 11) is 0. The molecule has 0 spiro atoms. The molecule has 0 bridgehead atoms. The highest BCUT2D eigenvalue weighted by Gasteiger charge is 2.17. The lowest BCUT2D eigenvalue weighted by molar-refractivity contribution is 0.0983. The van der Waals surface area contributed by atoms with Crippen LogP contribution in [-0.4, -0.2) is 24.0 Å². The molecule has 0 aliphatic rings. The maximum atomic E-state index is 12.6. The Balaban J connectivity index is 2.21. The van der Waals surface area contributed by atoms with Crippen LogP contribution in [0.15, 0.2) is 48.5 Å². The fourth-order valence-electron chi connectivity index (χ4n) is 2.09. The molecule has 1 heterocycles. The van der Waals surface area contributed by atoms with Crippen LogP contribution in [0.1, 0.15) is 30.8 Å². The minimum atomic E-state index is -0.0798. The minimum absolute atomic E-state index is 0.0798. The molecule has 1 aromatic carbocycles. The third-order valence-corrected chi connectivity index (χ3v) is 3.15. The van der Waals surface area contributed by atoms with E-state index >= 15 is 0 Å². The molecule has 1 amide bonds. The largest absolute Gasteiger partial charge is 0.370 e. The summed E-state index contributed by atoms with van der Waals surface area (Å²) in [4.78, 5) is 18.8.